The summed E-state index contributed by atoms with van der Waals surface area (Å²) in [5.74, 6) is 0. The van der Waals surface area contributed by atoms with Crippen LogP contribution in [0, 0.1) is 0 Å². The van der Waals surface area contributed by atoms with Crippen LogP contribution < -0.4 is 5.32 Å². The Morgan fingerprint density at radius 2 is 2.33 bits per heavy atom. The molecule has 1 aliphatic rings. The molecule has 1 unspecified atom stereocenters. The van der Waals surface area contributed by atoms with Gasteiger partial charge in [-0.15, -0.1) is 0 Å². The Balaban J connectivity index is 2.78. The zero-order chi connectivity index (χ0) is 9.19. The Bertz CT molecular complexity index is 316. The molecule has 0 amide bonds. The molecule has 1 aliphatic carbocycles. The predicted molar refractivity (Wildman–Crippen MR) is 46.2 cm³/mol. The highest BCUT2D eigenvalue weighted by molar-refractivity contribution is 7.90. The van der Waals surface area contributed by atoms with Crippen LogP contribution in [0.25, 0.3) is 0 Å². The van der Waals surface area contributed by atoms with Gasteiger partial charge in [-0.2, -0.15) is 8.42 Å². The standard InChI is InChI=1S/C7H11NO3S/c1-8-6-2-4-7(5-3-6)12(9,10)11/h2,4-6,8H,3H2,1H3,(H,9,10,11). The molecule has 0 saturated carbocycles. The first kappa shape index (κ1) is 9.44. The number of hydrogen-bond acceptors (Lipinski definition) is 3. The third-order valence-electron chi connectivity index (χ3n) is 1.73. The quantitative estimate of drug-likeness (QED) is 0.613. The minimum Gasteiger partial charge on any atom is -0.313 e. The van der Waals surface area contributed by atoms with Gasteiger partial charge in [-0.05, 0) is 19.5 Å². The van der Waals surface area contributed by atoms with E-state index in [1.165, 1.54) is 12.2 Å². The van der Waals surface area contributed by atoms with Crippen molar-refractivity contribution in [1.29, 1.82) is 0 Å². The number of likely N-dealkylation sites (N-methyl/N-ethyl adjacent to an activating group) is 1. The van der Waals surface area contributed by atoms with E-state index in [-0.39, 0.29) is 10.9 Å². The fraction of sp³-hybridized carbons (Fsp3) is 0.429. The lowest BCUT2D eigenvalue weighted by atomic mass is 10.1. The van der Waals surface area contributed by atoms with Crippen molar-refractivity contribution in [1.82, 2.24) is 5.32 Å². The highest BCUT2D eigenvalue weighted by Gasteiger charge is 2.14. The van der Waals surface area contributed by atoms with Crippen molar-refractivity contribution in [2.45, 2.75) is 12.5 Å². The average molecular weight is 189 g/mol. The van der Waals surface area contributed by atoms with Crippen molar-refractivity contribution in [3.05, 3.63) is 23.1 Å². The first-order valence-electron chi connectivity index (χ1n) is 3.57. The summed E-state index contributed by atoms with van der Waals surface area (Å²) in [5, 5.41) is 2.97. The normalized spacial score (nSPS) is 23.8. The molecule has 2 N–H and O–H groups in total. The van der Waals surface area contributed by atoms with Crippen LogP contribution in [-0.2, 0) is 10.1 Å². The lowest BCUT2D eigenvalue weighted by Crippen LogP contribution is -2.24. The molecule has 5 heteroatoms. The van der Waals surface area contributed by atoms with Gasteiger partial charge >= 0.3 is 0 Å². The number of hydrogen-bond donors (Lipinski definition) is 2. The summed E-state index contributed by atoms with van der Waals surface area (Å²) in [5.41, 5.74) is 0. The molecule has 0 aliphatic heterocycles. The van der Waals surface area contributed by atoms with Crippen LogP contribution in [0.5, 0.6) is 0 Å². The van der Waals surface area contributed by atoms with Gasteiger partial charge in [0.25, 0.3) is 10.1 Å². The third-order valence-corrected chi connectivity index (χ3v) is 2.63. The fourth-order valence-corrected chi connectivity index (χ4v) is 1.56. The van der Waals surface area contributed by atoms with Crippen molar-refractivity contribution in [2.75, 3.05) is 7.05 Å². The summed E-state index contributed by atoms with van der Waals surface area (Å²) in [7, 11) is -2.22. The maximum atomic E-state index is 10.6. The zero-order valence-corrected chi connectivity index (χ0v) is 7.50. The Kier molecular flexibility index (Phi) is 2.66. The van der Waals surface area contributed by atoms with E-state index in [1.807, 2.05) is 0 Å². The molecule has 12 heavy (non-hydrogen) atoms. The minimum absolute atomic E-state index is 0.0194. The molecule has 0 fully saturated rings. The topological polar surface area (TPSA) is 66.4 Å². The minimum atomic E-state index is -4.01. The molecular weight excluding hydrogens is 178 g/mol. The maximum absolute atomic E-state index is 10.6. The first-order valence-corrected chi connectivity index (χ1v) is 5.01. The Morgan fingerprint density at radius 1 is 1.67 bits per heavy atom. The molecule has 0 bridgehead atoms. The fourth-order valence-electron chi connectivity index (χ4n) is 1.01. The van der Waals surface area contributed by atoms with Gasteiger partial charge in [0.2, 0.25) is 0 Å². The summed E-state index contributed by atoms with van der Waals surface area (Å²) in [6.45, 7) is 0. The van der Waals surface area contributed by atoms with E-state index in [1.54, 1.807) is 13.1 Å². The molecule has 0 radical (unpaired) electrons. The average Bonchev–Trinajstić information content (AvgIpc) is 2.03. The van der Waals surface area contributed by atoms with E-state index in [4.69, 9.17) is 4.55 Å². The van der Waals surface area contributed by atoms with E-state index < -0.39 is 10.1 Å². The van der Waals surface area contributed by atoms with Crippen molar-refractivity contribution >= 4 is 10.1 Å². The maximum Gasteiger partial charge on any atom is 0.294 e. The number of allylic oxidation sites excluding steroid dienone is 1. The second-order valence-corrected chi connectivity index (χ2v) is 3.99. The molecule has 1 atom stereocenters. The van der Waals surface area contributed by atoms with Crippen molar-refractivity contribution in [3.63, 3.8) is 0 Å². The van der Waals surface area contributed by atoms with Crippen LogP contribution in [0.2, 0.25) is 0 Å². The predicted octanol–water partition coefficient (Wildman–Crippen LogP) is 0.306. The second-order valence-electron chi connectivity index (χ2n) is 2.57. The number of nitrogens with one attached hydrogen (secondary N) is 1. The lowest BCUT2D eigenvalue weighted by molar-refractivity contribution is 0.491. The van der Waals surface area contributed by atoms with E-state index in [0.29, 0.717) is 6.42 Å². The van der Waals surface area contributed by atoms with Gasteiger partial charge < -0.3 is 5.32 Å². The Hall–Kier alpha value is -0.650. The summed E-state index contributed by atoms with van der Waals surface area (Å²) in [6, 6.07) is 0.162. The smallest absolute Gasteiger partial charge is 0.294 e. The van der Waals surface area contributed by atoms with Crippen LogP contribution in [0.1, 0.15) is 6.42 Å². The van der Waals surface area contributed by atoms with Crippen LogP contribution in [0.15, 0.2) is 23.1 Å². The summed E-state index contributed by atoms with van der Waals surface area (Å²) in [4.78, 5) is -0.0194. The molecule has 0 aromatic rings. The molecule has 1 rings (SSSR count). The highest BCUT2D eigenvalue weighted by Crippen LogP contribution is 2.14. The van der Waals surface area contributed by atoms with Crippen LogP contribution >= 0.6 is 0 Å². The van der Waals surface area contributed by atoms with Crippen LogP contribution in [0.3, 0.4) is 0 Å². The molecule has 0 aromatic carbocycles. The van der Waals surface area contributed by atoms with Crippen molar-refractivity contribution in [2.24, 2.45) is 0 Å². The van der Waals surface area contributed by atoms with Gasteiger partial charge in [-0.1, -0.05) is 12.2 Å². The summed E-state index contributed by atoms with van der Waals surface area (Å²) < 4.78 is 29.8. The summed E-state index contributed by atoms with van der Waals surface area (Å²) >= 11 is 0. The van der Waals surface area contributed by atoms with Gasteiger partial charge in [0.15, 0.2) is 0 Å². The molecule has 0 spiro atoms. The van der Waals surface area contributed by atoms with Crippen molar-refractivity contribution in [3.8, 4) is 0 Å². The Labute approximate surface area is 71.7 Å². The SMILES string of the molecule is CNC1C=CC(S(=O)(=O)O)=CC1. The highest BCUT2D eigenvalue weighted by atomic mass is 32.2. The van der Waals surface area contributed by atoms with Gasteiger partial charge in [-0.3, -0.25) is 4.55 Å². The van der Waals surface area contributed by atoms with Gasteiger partial charge in [0, 0.05) is 6.04 Å². The second kappa shape index (κ2) is 3.38. The number of rotatable bonds is 2. The first-order chi connectivity index (χ1) is 5.54. The molecule has 0 heterocycles. The summed E-state index contributed by atoms with van der Waals surface area (Å²) in [6.07, 6.45) is 5.20. The monoisotopic (exact) mass is 189 g/mol. The van der Waals surface area contributed by atoms with Gasteiger partial charge in [0.05, 0.1) is 4.91 Å². The van der Waals surface area contributed by atoms with Gasteiger partial charge in [0.1, 0.15) is 0 Å². The van der Waals surface area contributed by atoms with E-state index >= 15 is 0 Å². The molecule has 0 saturated heterocycles. The van der Waals surface area contributed by atoms with Gasteiger partial charge in [-0.25, -0.2) is 0 Å². The van der Waals surface area contributed by atoms with E-state index in [0.717, 1.165) is 0 Å². The van der Waals surface area contributed by atoms with Crippen LogP contribution in [-0.4, -0.2) is 26.1 Å². The zero-order valence-electron chi connectivity index (χ0n) is 6.69. The van der Waals surface area contributed by atoms with E-state index in [2.05, 4.69) is 5.32 Å². The third kappa shape index (κ3) is 2.17. The Morgan fingerprint density at radius 3 is 2.67 bits per heavy atom. The molecule has 68 valence electrons. The molecule has 0 aromatic heterocycles. The van der Waals surface area contributed by atoms with E-state index in [9.17, 15) is 8.42 Å². The molecular formula is C7H11NO3S. The lowest BCUT2D eigenvalue weighted by Gasteiger charge is -2.13. The van der Waals surface area contributed by atoms with Crippen molar-refractivity contribution < 1.29 is 13.0 Å². The largest absolute Gasteiger partial charge is 0.313 e. The van der Waals surface area contributed by atoms with Crippen LogP contribution in [0.4, 0.5) is 0 Å². The molecule has 4 nitrogen and oxygen atoms in total.